The minimum absolute atomic E-state index is 0.578. The molecular formula is C16H25BrN2. The maximum atomic E-state index is 5.88. The van der Waals surface area contributed by atoms with Crippen molar-refractivity contribution in [2.75, 3.05) is 18.0 Å². The van der Waals surface area contributed by atoms with Crippen molar-refractivity contribution in [2.24, 2.45) is 11.1 Å². The van der Waals surface area contributed by atoms with Crippen LogP contribution in [0.2, 0.25) is 0 Å². The lowest BCUT2D eigenvalue weighted by molar-refractivity contribution is 0.199. The SMILES string of the molecule is CCC1(CC)CCN(c2ccc(Br)cc2CN)CC1. The third-order valence-corrected chi connectivity index (χ3v) is 5.42. The maximum absolute atomic E-state index is 5.88. The molecule has 1 aliphatic heterocycles. The van der Waals surface area contributed by atoms with Gasteiger partial charge in [0.2, 0.25) is 0 Å². The van der Waals surface area contributed by atoms with Gasteiger partial charge in [0.1, 0.15) is 0 Å². The van der Waals surface area contributed by atoms with E-state index in [1.165, 1.54) is 36.9 Å². The lowest BCUT2D eigenvalue weighted by Gasteiger charge is -2.42. The number of nitrogens with two attached hydrogens (primary N) is 1. The zero-order chi connectivity index (χ0) is 13.9. The third-order valence-electron chi connectivity index (χ3n) is 4.93. The van der Waals surface area contributed by atoms with Crippen LogP contribution in [0, 0.1) is 5.41 Å². The van der Waals surface area contributed by atoms with Gasteiger partial charge in [-0.25, -0.2) is 0 Å². The summed E-state index contributed by atoms with van der Waals surface area (Å²) in [6, 6.07) is 6.48. The predicted molar refractivity (Wildman–Crippen MR) is 86.5 cm³/mol. The molecule has 0 atom stereocenters. The van der Waals surface area contributed by atoms with Crippen LogP contribution in [0.25, 0.3) is 0 Å². The molecule has 0 saturated carbocycles. The number of anilines is 1. The number of benzene rings is 1. The van der Waals surface area contributed by atoms with Crippen LogP contribution in [0.4, 0.5) is 5.69 Å². The first-order valence-electron chi connectivity index (χ1n) is 7.37. The highest BCUT2D eigenvalue weighted by molar-refractivity contribution is 9.10. The van der Waals surface area contributed by atoms with Crippen LogP contribution in [0.15, 0.2) is 22.7 Å². The first kappa shape index (κ1) is 14.9. The van der Waals surface area contributed by atoms with E-state index in [0.29, 0.717) is 12.0 Å². The van der Waals surface area contributed by atoms with Crippen LogP contribution in [0.5, 0.6) is 0 Å². The molecule has 0 aliphatic carbocycles. The second kappa shape index (κ2) is 6.27. The topological polar surface area (TPSA) is 29.3 Å². The van der Waals surface area contributed by atoms with E-state index in [1.807, 2.05) is 0 Å². The predicted octanol–water partition coefficient (Wildman–Crippen LogP) is 4.31. The molecular weight excluding hydrogens is 300 g/mol. The normalized spacial score (nSPS) is 18.6. The van der Waals surface area contributed by atoms with E-state index in [1.54, 1.807) is 0 Å². The van der Waals surface area contributed by atoms with E-state index in [4.69, 9.17) is 5.73 Å². The van der Waals surface area contributed by atoms with Crippen molar-refractivity contribution in [3.8, 4) is 0 Å². The van der Waals surface area contributed by atoms with Crippen LogP contribution in [-0.4, -0.2) is 13.1 Å². The molecule has 0 bridgehead atoms. The smallest absolute Gasteiger partial charge is 0.0412 e. The van der Waals surface area contributed by atoms with Gasteiger partial charge in [-0.1, -0.05) is 42.6 Å². The van der Waals surface area contributed by atoms with E-state index in [2.05, 4.69) is 52.9 Å². The van der Waals surface area contributed by atoms with Crippen LogP contribution < -0.4 is 10.6 Å². The van der Waals surface area contributed by atoms with Crippen molar-refractivity contribution < 1.29 is 0 Å². The van der Waals surface area contributed by atoms with Gasteiger partial charge >= 0.3 is 0 Å². The van der Waals surface area contributed by atoms with Crippen LogP contribution >= 0.6 is 15.9 Å². The minimum Gasteiger partial charge on any atom is -0.371 e. The van der Waals surface area contributed by atoms with Crippen LogP contribution in [-0.2, 0) is 6.54 Å². The Bertz CT molecular complexity index is 417. The van der Waals surface area contributed by atoms with Crippen molar-refractivity contribution >= 4 is 21.6 Å². The van der Waals surface area contributed by atoms with Gasteiger partial charge in [0, 0.05) is 29.8 Å². The molecule has 0 unspecified atom stereocenters. The Morgan fingerprint density at radius 1 is 1.21 bits per heavy atom. The fourth-order valence-electron chi connectivity index (χ4n) is 3.21. The number of piperidine rings is 1. The Balaban J connectivity index is 2.13. The zero-order valence-electron chi connectivity index (χ0n) is 12.1. The highest BCUT2D eigenvalue weighted by atomic mass is 79.9. The molecule has 0 spiro atoms. The van der Waals surface area contributed by atoms with Crippen molar-refractivity contribution in [1.82, 2.24) is 0 Å². The van der Waals surface area contributed by atoms with E-state index in [0.717, 1.165) is 17.6 Å². The minimum atomic E-state index is 0.578. The number of halogens is 1. The summed E-state index contributed by atoms with van der Waals surface area (Å²) in [7, 11) is 0. The number of hydrogen-bond acceptors (Lipinski definition) is 2. The molecule has 0 radical (unpaired) electrons. The number of nitrogens with zero attached hydrogens (tertiary/aromatic N) is 1. The van der Waals surface area contributed by atoms with Gasteiger partial charge in [-0.2, -0.15) is 0 Å². The molecule has 2 N–H and O–H groups in total. The van der Waals surface area contributed by atoms with Crippen molar-refractivity contribution in [3.05, 3.63) is 28.2 Å². The lowest BCUT2D eigenvalue weighted by Crippen LogP contribution is -2.40. The van der Waals surface area contributed by atoms with Gasteiger partial charge in [0.15, 0.2) is 0 Å². The average Bonchev–Trinajstić information content (AvgIpc) is 2.47. The van der Waals surface area contributed by atoms with Crippen LogP contribution in [0.1, 0.15) is 45.1 Å². The highest BCUT2D eigenvalue weighted by Crippen LogP contribution is 2.39. The molecule has 2 nitrogen and oxygen atoms in total. The number of rotatable bonds is 4. The Hall–Kier alpha value is -0.540. The van der Waals surface area contributed by atoms with Gasteiger partial charge < -0.3 is 10.6 Å². The Morgan fingerprint density at radius 2 is 1.84 bits per heavy atom. The fourth-order valence-corrected chi connectivity index (χ4v) is 3.61. The largest absolute Gasteiger partial charge is 0.371 e. The summed E-state index contributed by atoms with van der Waals surface area (Å²) in [6.07, 6.45) is 5.23. The molecule has 1 aromatic carbocycles. The molecule has 0 amide bonds. The summed E-state index contributed by atoms with van der Waals surface area (Å²) in [5.74, 6) is 0. The average molecular weight is 325 g/mol. The standard InChI is InChI=1S/C16H25BrN2/c1-3-16(4-2)7-9-19(10-8-16)15-6-5-14(17)11-13(15)12-18/h5-6,11H,3-4,7-10,12,18H2,1-2H3. The molecule has 3 heteroatoms. The van der Waals surface area contributed by atoms with Gasteiger partial charge in [0.05, 0.1) is 0 Å². The molecule has 19 heavy (non-hydrogen) atoms. The third kappa shape index (κ3) is 3.14. The first-order chi connectivity index (χ1) is 9.14. The van der Waals surface area contributed by atoms with Crippen molar-refractivity contribution in [1.29, 1.82) is 0 Å². The van der Waals surface area contributed by atoms with E-state index < -0.39 is 0 Å². The maximum Gasteiger partial charge on any atom is 0.0412 e. The summed E-state index contributed by atoms with van der Waals surface area (Å²) in [6.45, 7) is 7.61. The quantitative estimate of drug-likeness (QED) is 0.893. The van der Waals surface area contributed by atoms with Crippen LogP contribution in [0.3, 0.4) is 0 Å². The summed E-state index contributed by atoms with van der Waals surface area (Å²) < 4.78 is 1.12. The summed E-state index contributed by atoms with van der Waals surface area (Å²) in [5, 5.41) is 0. The van der Waals surface area contributed by atoms with Gasteiger partial charge in [0.25, 0.3) is 0 Å². The monoisotopic (exact) mass is 324 g/mol. The van der Waals surface area contributed by atoms with Crippen molar-refractivity contribution in [3.63, 3.8) is 0 Å². The van der Waals surface area contributed by atoms with Gasteiger partial charge in [-0.3, -0.25) is 0 Å². The van der Waals surface area contributed by atoms with E-state index >= 15 is 0 Å². The Kier molecular flexibility index (Phi) is 4.91. The first-order valence-corrected chi connectivity index (χ1v) is 8.17. The second-order valence-electron chi connectivity index (χ2n) is 5.67. The molecule has 2 rings (SSSR count). The van der Waals surface area contributed by atoms with E-state index in [-0.39, 0.29) is 0 Å². The molecule has 1 saturated heterocycles. The number of hydrogen-bond donors (Lipinski definition) is 1. The zero-order valence-corrected chi connectivity index (χ0v) is 13.7. The highest BCUT2D eigenvalue weighted by Gasteiger charge is 2.31. The summed E-state index contributed by atoms with van der Waals surface area (Å²) >= 11 is 3.53. The molecule has 1 fully saturated rings. The molecule has 106 valence electrons. The van der Waals surface area contributed by atoms with Gasteiger partial charge in [-0.15, -0.1) is 0 Å². The van der Waals surface area contributed by atoms with E-state index in [9.17, 15) is 0 Å². The summed E-state index contributed by atoms with van der Waals surface area (Å²) in [5.41, 5.74) is 9.03. The molecule has 1 aromatic rings. The Morgan fingerprint density at radius 3 is 2.37 bits per heavy atom. The lowest BCUT2D eigenvalue weighted by atomic mass is 9.74. The second-order valence-corrected chi connectivity index (χ2v) is 6.59. The molecule has 1 heterocycles. The van der Waals surface area contributed by atoms with Gasteiger partial charge in [-0.05, 0) is 42.0 Å². The van der Waals surface area contributed by atoms with Crippen molar-refractivity contribution in [2.45, 2.75) is 46.1 Å². The Labute approximate surface area is 125 Å². The molecule has 0 aromatic heterocycles. The molecule has 1 aliphatic rings. The fraction of sp³-hybridized carbons (Fsp3) is 0.625. The summed E-state index contributed by atoms with van der Waals surface area (Å²) in [4.78, 5) is 2.51.